The first kappa shape index (κ1) is 12.0. The maximum Gasteiger partial charge on any atom is 0.0558 e. The van der Waals surface area contributed by atoms with Crippen LogP contribution in [-0.2, 0) is 0 Å². The zero-order chi connectivity index (χ0) is 10.4. The van der Waals surface area contributed by atoms with Crippen LogP contribution in [0.2, 0.25) is 0 Å². The first-order valence-corrected chi connectivity index (χ1v) is 6.89. The normalized spacial score (nSPS) is 13.4. The van der Waals surface area contributed by atoms with Crippen molar-refractivity contribution in [3.05, 3.63) is 22.4 Å². The van der Waals surface area contributed by atoms with Gasteiger partial charge in [-0.2, -0.15) is 23.1 Å². The summed E-state index contributed by atoms with van der Waals surface area (Å²) in [5.41, 5.74) is 4.16. The maximum absolute atomic E-state index is 5.52. The molecule has 0 saturated heterocycles. The van der Waals surface area contributed by atoms with Crippen LogP contribution in [0, 0.1) is 5.92 Å². The lowest BCUT2D eigenvalue weighted by Crippen LogP contribution is -2.29. The van der Waals surface area contributed by atoms with Crippen molar-refractivity contribution < 1.29 is 0 Å². The predicted molar refractivity (Wildman–Crippen MR) is 66.5 cm³/mol. The van der Waals surface area contributed by atoms with Gasteiger partial charge in [0.1, 0.15) is 0 Å². The van der Waals surface area contributed by atoms with Gasteiger partial charge >= 0.3 is 0 Å². The van der Waals surface area contributed by atoms with Crippen molar-refractivity contribution in [2.75, 3.05) is 11.5 Å². The summed E-state index contributed by atoms with van der Waals surface area (Å²) in [6.07, 6.45) is 0. The summed E-state index contributed by atoms with van der Waals surface area (Å²) >= 11 is 3.67. The summed E-state index contributed by atoms with van der Waals surface area (Å²) in [7, 11) is 0. The fourth-order valence-electron chi connectivity index (χ4n) is 1.14. The Balaban J connectivity index is 2.33. The third kappa shape index (κ3) is 4.00. The maximum atomic E-state index is 5.52. The minimum Gasteiger partial charge on any atom is -0.271 e. The van der Waals surface area contributed by atoms with Gasteiger partial charge in [-0.3, -0.25) is 11.3 Å². The van der Waals surface area contributed by atoms with Crippen molar-refractivity contribution in [3.8, 4) is 0 Å². The Morgan fingerprint density at radius 1 is 1.50 bits per heavy atom. The molecule has 14 heavy (non-hydrogen) atoms. The van der Waals surface area contributed by atoms with Crippen LogP contribution in [0.4, 0.5) is 0 Å². The second-order valence-corrected chi connectivity index (χ2v) is 5.56. The third-order valence-corrected chi connectivity index (χ3v) is 4.06. The topological polar surface area (TPSA) is 38.0 Å². The molecule has 1 heterocycles. The standard InChI is InChI=1S/C10H18N2S2/c1-8(2)5-14-7-10(12-11)9-3-4-13-6-9/h3-4,6,8,10,12H,5,7,11H2,1-2H3. The largest absolute Gasteiger partial charge is 0.271 e. The zero-order valence-corrected chi connectivity index (χ0v) is 10.3. The van der Waals surface area contributed by atoms with E-state index in [1.54, 1.807) is 11.3 Å². The smallest absolute Gasteiger partial charge is 0.0558 e. The number of hydrogen-bond acceptors (Lipinski definition) is 4. The molecule has 0 aliphatic carbocycles. The molecule has 0 radical (unpaired) electrons. The van der Waals surface area contributed by atoms with Crippen LogP contribution in [0.15, 0.2) is 16.8 Å². The molecule has 0 saturated carbocycles. The molecule has 0 fully saturated rings. The molecular weight excluding hydrogens is 212 g/mol. The van der Waals surface area contributed by atoms with Gasteiger partial charge in [-0.15, -0.1) is 0 Å². The Hall–Kier alpha value is -0.0300. The molecule has 0 bridgehead atoms. The summed E-state index contributed by atoms with van der Waals surface area (Å²) in [6, 6.07) is 2.43. The number of thiophene rings is 1. The first-order valence-electron chi connectivity index (χ1n) is 4.80. The monoisotopic (exact) mass is 230 g/mol. The van der Waals surface area contributed by atoms with E-state index in [1.807, 2.05) is 11.8 Å². The minimum absolute atomic E-state index is 0.296. The first-order chi connectivity index (χ1) is 6.74. The van der Waals surface area contributed by atoms with Crippen LogP contribution >= 0.6 is 23.1 Å². The lowest BCUT2D eigenvalue weighted by atomic mass is 10.2. The van der Waals surface area contributed by atoms with Crippen molar-refractivity contribution in [2.24, 2.45) is 11.8 Å². The Labute approximate surface area is 94.2 Å². The molecule has 1 atom stereocenters. The van der Waals surface area contributed by atoms with E-state index in [0.29, 0.717) is 6.04 Å². The second-order valence-electron chi connectivity index (χ2n) is 3.71. The number of hydrazine groups is 1. The SMILES string of the molecule is CC(C)CSCC(NN)c1ccsc1. The van der Waals surface area contributed by atoms with E-state index in [9.17, 15) is 0 Å². The van der Waals surface area contributed by atoms with E-state index >= 15 is 0 Å². The van der Waals surface area contributed by atoms with Gasteiger partial charge in [0, 0.05) is 5.75 Å². The Kier molecular flexibility index (Phi) is 5.55. The number of nitrogens with two attached hydrogens (primary N) is 1. The van der Waals surface area contributed by atoms with Crippen molar-refractivity contribution in [3.63, 3.8) is 0 Å². The van der Waals surface area contributed by atoms with Gasteiger partial charge in [-0.1, -0.05) is 13.8 Å². The van der Waals surface area contributed by atoms with Crippen molar-refractivity contribution in [1.82, 2.24) is 5.43 Å². The number of hydrogen-bond donors (Lipinski definition) is 2. The van der Waals surface area contributed by atoms with E-state index in [0.717, 1.165) is 11.7 Å². The van der Waals surface area contributed by atoms with Gasteiger partial charge in [0.05, 0.1) is 6.04 Å². The second kappa shape index (κ2) is 6.45. The minimum atomic E-state index is 0.296. The van der Waals surface area contributed by atoms with Gasteiger partial charge in [0.15, 0.2) is 0 Å². The van der Waals surface area contributed by atoms with Crippen LogP contribution in [0.3, 0.4) is 0 Å². The molecule has 0 aromatic carbocycles. The molecule has 0 spiro atoms. The molecule has 4 heteroatoms. The average molecular weight is 230 g/mol. The summed E-state index contributed by atoms with van der Waals surface area (Å²) in [6.45, 7) is 4.48. The quantitative estimate of drug-likeness (QED) is 0.583. The summed E-state index contributed by atoms with van der Waals surface area (Å²) in [5.74, 6) is 8.52. The molecule has 1 unspecified atom stereocenters. The van der Waals surface area contributed by atoms with Crippen molar-refractivity contribution >= 4 is 23.1 Å². The van der Waals surface area contributed by atoms with Crippen molar-refractivity contribution in [2.45, 2.75) is 19.9 Å². The van der Waals surface area contributed by atoms with Gasteiger partial charge in [0.25, 0.3) is 0 Å². The molecule has 80 valence electrons. The van der Waals surface area contributed by atoms with E-state index in [1.165, 1.54) is 11.3 Å². The highest BCUT2D eigenvalue weighted by Gasteiger charge is 2.09. The Morgan fingerprint density at radius 3 is 2.79 bits per heavy atom. The van der Waals surface area contributed by atoms with Crippen LogP contribution < -0.4 is 11.3 Å². The molecule has 3 N–H and O–H groups in total. The highest BCUT2D eigenvalue weighted by atomic mass is 32.2. The van der Waals surface area contributed by atoms with Crippen molar-refractivity contribution in [1.29, 1.82) is 0 Å². The number of nitrogens with one attached hydrogen (secondary N) is 1. The fourth-order valence-corrected chi connectivity index (χ4v) is 2.98. The molecule has 1 aromatic rings. The molecule has 0 amide bonds. The highest BCUT2D eigenvalue weighted by Crippen LogP contribution is 2.21. The number of rotatable bonds is 6. The highest BCUT2D eigenvalue weighted by molar-refractivity contribution is 7.99. The van der Waals surface area contributed by atoms with Crippen LogP contribution in [-0.4, -0.2) is 11.5 Å². The molecular formula is C10H18N2S2. The Morgan fingerprint density at radius 2 is 2.29 bits per heavy atom. The molecule has 0 aliphatic heterocycles. The molecule has 2 nitrogen and oxygen atoms in total. The Bertz CT molecular complexity index is 234. The zero-order valence-electron chi connectivity index (χ0n) is 8.69. The van der Waals surface area contributed by atoms with Crippen LogP contribution in [0.1, 0.15) is 25.5 Å². The van der Waals surface area contributed by atoms with E-state index in [-0.39, 0.29) is 0 Å². The predicted octanol–water partition coefficient (Wildman–Crippen LogP) is 2.64. The van der Waals surface area contributed by atoms with E-state index in [2.05, 4.69) is 36.1 Å². The lowest BCUT2D eigenvalue weighted by molar-refractivity contribution is 0.611. The molecule has 1 rings (SSSR count). The van der Waals surface area contributed by atoms with Crippen LogP contribution in [0.5, 0.6) is 0 Å². The van der Waals surface area contributed by atoms with Gasteiger partial charge in [-0.25, -0.2) is 0 Å². The third-order valence-electron chi connectivity index (χ3n) is 1.88. The van der Waals surface area contributed by atoms with Gasteiger partial charge in [-0.05, 0) is 34.1 Å². The summed E-state index contributed by atoms with van der Waals surface area (Å²) < 4.78 is 0. The fraction of sp³-hybridized carbons (Fsp3) is 0.600. The number of thioether (sulfide) groups is 1. The molecule has 1 aromatic heterocycles. The van der Waals surface area contributed by atoms with Crippen LogP contribution in [0.25, 0.3) is 0 Å². The lowest BCUT2D eigenvalue weighted by Gasteiger charge is -2.14. The van der Waals surface area contributed by atoms with Gasteiger partial charge in [0.2, 0.25) is 0 Å². The van der Waals surface area contributed by atoms with E-state index in [4.69, 9.17) is 5.84 Å². The van der Waals surface area contributed by atoms with E-state index < -0.39 is 0 Å². The summed E-state index contributed by atoms with van der Waals surface area (Å²) in [4.78, 5) is 0. The van der Waals surface area contributed by atoms with Gasteiger partial charge < -0.3 is 0 Å². The summed E-state index contributed by atoms with van der Waals surface area (Å²) in [5, 5.41) is 4.24. The molecule has 0 aliphatic rings. The average Bonchev–Trinajstić information content (AvgIpc) is 2.64.